The number of benzene rings is 1. The van der Waals surface area contributed by atoms with E-state index in [4.69, 9.17) is 5.73 Å². The van der Waals surface area contributed by atoms with Crippen molar-refractivity contribution in [1.82, 2.24) is 0 Å². The van der Waals surface area contributed by atoms with E-state index in [0.29, 0.717) is 5.56 Å². The first kappa shape index (κ1) is 12.0. The van der Waals surface area contributed by atoms with Gasteiger partial charge in [0, 0.05) is 11.6 Å². The molecule has 3 nitrogen and oxygen atoms in total. The third-order valence-corrected chi connectivity index (χ3v) is 2.72. The van der Waals surface area contributed by atoms with Crippen LogP contribution in [-0.4, -0.2) is 11.5 Å². The van der Waals surface area contributed by atoms with Gasteiger partial charge in [0.15, 0.2) is 0 Å². The lowest BCUT2D eigenvalue weighted by molar-refractivity contribution is -0.274. The maximum absolute atomic E-state index is 12.0. The van der Waals surface area contributed by atoms with Crippen LogP contribution in [0.25, 0.3) is 0 Å². The van der Waals surface area contributed by atoms with Crippen LogP contribution in [0.1, 0.15) is 24.4 Å². The molecule has 1 aromatic carbocycles. The number of hydrogen-bond acceptors (Lipinski definition) is 3. The molecule has 0 radical (unpaired) electrons. The van der Waals surface area contributed by atoms with Crippen LogP contribution in [0, 0.1) is 5.92 Å². The van der Waals surface area contributed by atoms with Gasteiger partial charge in [-0.25, -0.2) is 0 Å². The molecule has 1 saturated carbocycles. The Morgan fingerprint density at radius 2 is 2.00 bits per heavy atom. The summed E-state index contributed by atoms with van der Waals surface area (Å²) in [6.07, 6.45) is -2.87. The molecule has 0 heterocycles. The van der Waals surface area contributed by atoms with E-state index in [1.165, 1.54) is 6.07 Å². The van der Waals surface area contributed by atoms with Crippen LogP contribution >= 0.6 is 0 Å². The lowest BCUT2D eigenvalue weighted by Crippen LogP contribution is -2.18. The molecule has 94 valence electrons. The van der Waals surface area contributed by atoms with E-state index in [1.807, 2.05) is 0 Å². The summed E-state index contributed by atoms with van der Waals surface area (Å²) in [7, 11) is 0. The van der Waals surface area contributed by atoms with E-state index in [9.17, 15) is 18.3 Å². The summed E-state index contributed by atoms with van der Waals surface area (Å²) in [5, 5.41) is 9.56. The van der Waals surface area contributed by atoms with Crippen molar-refractivity contribution in [3.8, 4) is 11.5 Å². The van der Waals surface area contributed by atoms with Gasteiger partial charge in [-0.3, -0.25) is 0 Å². The Balaban J connectivity index is 2.22. The molecule has 0 saturated heterocycles. The third kappa shape index (κ3) is 3.03. The zero-order chi connectivity index (χ0) is 12.6. The molecule has 1 atom stereocenters. The summed E-state index contributed by atoms with van der Waals surface area (Å²) in [6, 6.07) is 2.93. The number of alkyl halides is 3. The molecule has 1 aromatic rings. The number of phenolic OH excluding ortho intramolecular Hbond substituents is 1. The van der Waals surface area contributed by atoms with Gasteiger partial charge in [0.05, 0.1) is 0 Å². The lowest BCUT2D eigenvalue weighted by atomic mass is 10.0. The first-order chi connectivity index (χ1) is 7.87. The summed E-state index contributed by atoms with van der Waals surface area (Å²) in [6.45, 7) is 0. The van der Waals surface area contributed by atoms with Gasteiger partial charge in [-0.15, -0.1) is 13.2 Å². The van der Waals surface area contributed by atoms with Crippen molar-refractivity contribution in [2.75, 3.05) is 0 Å². The lowest BCUT2D eigenvalue weighted by Gasteiger charge is -2.15. The highest BCUT2D eigenvalue weighted by atomic mass is 19.4. The Morgan fingerprint density at radius 1 is 1.35 bits per heavy atom. The Morgan fingerprint density at radius 3 is 2.53 bits per heavy atom. The first-order valence-corrected chi connectivity index (χ1v) is 5.21. The number of ether oxygens (including phenoxy) is 1. The minimum Gasteiger partial charge on any atom is -0.508 e. The van der Waals surface area contributed by atoms with E-state index >= 15 is 0 Å². The number of halogens is 3. The average molecular weight is 247 g/mol. The third-order valence-electron chi connectivity index (χ3n) is 2.72. The van der Waals surface area contributed by atoms with E-state index in [1.54, 1.807) is 0 Å². The maximum atomic E-state index is 12.0. The minimum absolute atomic E-state index is 0.0982. The van der Waals surface area contributed by atoms with Gasteiger partial charge in [0.1, 0.15) is 11.5 Å². The van der Waals surface area contributed by atoms with E-state index in [2.05, 4.69) is 4.74 Å². The molecular formula is C11H12F3NO2. The van der Waals surface area contributed by atoms with Gasteiger partial charge in [-0.1, -0.05) is 0 Å². The van der Waals surface area contributed by atoms with E-state index < -0.39 is 12.4 Å². The van der Waals surface area contributed by atoms with Crippen LogP contribution in [0.2, 0.25) is 0 Å². The zero-order valence-corrected chi connectivity index (χ0v) is 8.87. The second-order valence-corrected chi connectivity index (χ2v) is 4.13. The van der Waals surface area contributed by atoms with Gasteiger partial charge in [-0.2, -0.15) is 0 Å². The molecule has 1 aliphatic rings. The molecule has 2 rings (SSSR count). The summed E-state index contributed by atoms with van der Waals surface area (Å²) < 4.78 is 39.9. The van der Waals surface area contributed by atoms with Gasteiger partial charge in [0.25, 0.3) is 0 Å². The quantitative estimate of drug-likeness (QED) is 0.863. The Bertz CT molecular complexity index is 416. The smallest absolute Gasteiger partial charge is 0.508 e. The molecule has 1 aliphatic carbocycles. The molecule has 1 fully saturated rings. The molecule has 0 aromatic heterocycles. The van der Waals surface area contributed by atoms with Crippen molar-refractivity contribution in [3.05, 3.63) is 23.8 Å². The number of nitrogens with two attached hydrogens (primary N) is 1. The molecule has 6 heteroatoms. The van der Waals surface area contributed by atoms with Crippen LogP contribution in [0.5, 0.6) is 11.5 Å². The summed E-state index contributed by atoms with van der Waals surface area (Å²) in [4.78, 5) is 0. The van der Waals surface area contributed by atoms with Gasteiger partial charge in [-0.05, 0) is 37.0 Å². The van der Waals surface area contributed by atoms with E-state index in [-0.39, 0.29) is 17.4 Å². The summed E-state index contributed by atoms with van der Waals surface area (Å²) in [5.41, 5.74) is 6.14. The highest BCUT2D eigenvalue weighted by Crippen LogP contribution is 2.43. The predicted octanol–water partition coefficient (Wildman–Crippen LogP) is 2.70. The van der Waals surface area contributed by atoms with Crippen LogP contribution in [0.15, 0.2) is 18.2 Å². The SMILES string of the molecule is N[C@H](c1cc(OC(F)(F)F)ccc1O)C1CC1. The largest absolute Gasteiger partial charge is 0.573 e. The molecule has 0 unspecified atom stereocenters. The number of hydrogen-bond donors (Lipinski definition) is 2. The molecule has 0 spiro atoms. The Kier molecular flexibility index (Phi) is 2.91. The Hall–Kier alpha value is -1.43. The topological polar surface area (TPSA) is 55.5 Å². The molecule has 0 aliphatic heterocycles. The minimum atomic E-state index is -4.74. The average Bonchev–Trinajstić information content (AvgIpc) is 3.01. The monoisotopic (exact) mass is 247 g/mol. The Labute approximate surface area is 96.0 Å². The second kappa shape index (κ2) is 4.10. The zero-order valence-electron chi connectivity index (χ0n) is 8.87. The molecule has 0 bridgehead atoms. The van der Waals surface area contributed by atoms with Gasteiger partial charge < -0.3 is 15.6 Å². The van der Waals surface area contributed by atoms with Crippen molar-refractivity contribution in [2.45, 2.75) is 25.2 Å². The van der Waals surface area contributed by atoms with Crippen LogP contribution in [0.4, 0.5) is 13.2 Å². The van der Waals surface area contributed by atoms with Crippen molar-refractivity contribution >= 4 is 0 Å². The highest BCUT2D eigenvalue weighted by molar-refractivity contribution is 5.41. The molecule has 3 N–H and O–H groups in total. The summed E-state index contributed by atoms with van der Waals surface area (Å²) in [5.74, 6) is -0.220. The molecule has 0 amide bonds. The fourth-order valence-electron chi connectivity index (χ4n) is 1.71. The van der Waals surface area contributed by atoms with Crippen LogP contribution in [-0.2, 0) is 0 Å². The number of phenols is 1. The van der Waals surface area contributed by atoms with Crippen molar-refractivity contribution in [2.24, 2.45) is 11.7 Å². The molecular weight excluding hydrogens is 235 g/mol. The van der Waals surface area contributed by atoms with Gasteiger partial charge >= 0.3 is 6.36 Å². The van der Waals surface area contributed by atoms with Crippen LogP contribution in [0.3, 0.4) is 0 Å². The number of aromatic hydroxyl groups is 1. The second-order valence-electron chi connectivity index (χ2n) is 4.13. The van der Waals surface area contributed by atoms with Gasteiger partial charge in [0.2, 0.25) is 0 Å². The van der Waals surface area contributed by atoms with E-state index in [0.717, 1.165) is 25.0 Å². The fourth-order valence-corrected chi connectivity index (χ4v) is 1.71. The number of rotatable bonds is 3. The van der Waals surface area contributed by atoms with Crippen molar-refractivity contribution < 1.29 is 23.0 Å². The van der Waals surface area contributed by atoms with Crippen molar-refractivity contribution in [1.29, 1.82) is 0 Å². The predicted molar refractivity (Wildman–Crippen MR) is 54.4 cm³/mol. The van der Waals surface area contributed by atoms with Crippen molar-refractivity contribution in [3.63, 3.8) is 0 Å². The fraction of sp³-hybridized carbons (Fsp3) is 0.455. The normalized spacial score (nSPS) is 17.9. The summed E-state index contributed by atoms with van der Waals surface area (Å²) >= 11 is 0. The highest BCUT2D eigenvalue weighted by Gasteiger charge is 2.33. The maximum Gasteiger partial charge on any atom is 0.573 e. The molecule has 17 heavy (non-hydrogen) atoms. The van der Waals surface area contributed by atoms with Crippen LogP contribution < -0.4 is 10.5 Å². The standard InChI is InChI=1S/C11H12F3NO2/c12-11(13,14)17-7-3-4-9(16)8(5-7)10(15)6-1-2-6/h3-6,10,16H,1-2,15H2/t10-/m0/s1. The first-order valence-electron chi connectivity index (χ1n) is 5.21.